The van der Waals surface area contributed by atoms with Crippen molar-refractivity contribution in [3.63, 3.8) is 0 Å². The third-order valence-electron chi connectivity index (χ3n) is 11.3. The smallest absolute Gasteiger partial charge is 0.231 e. The van der Waals surface area contributed by atoms with Gasteiger partial charge in [0.15, 0.2) is 23.0 Å². The van der Waals surface area contributed by atoms with Gasteiger partial charge in [0.25, 0.3) is 0 Å². The third-order valence-corrected chi connectivity index (χ3v) is 11.5. The molecule has 5 N–H and O–H groups in total. The molecular weight excluding hydrogens is 832 g/mol. The van der Waals surface area contributed by atoms with Crippen molar-refractivity contribution in [1.29, 1.82) is 0 Å². The number of rotatable bonds is 19. The van der Waals surface area contributed by atoms with Gasteiger partial charge in [-0.3, -0.25) is 0 Å². The highest BCUT2D eigenvalue weighted by Crippen LogP contribution is 2.33. The van der Waals surface area contributed by atoms with Gasteiger partial charge in [-0.1, -0.05) is 19.0 Å². The Labute approximate surface area is 386 Å². The number of methoxy groups -OCH3 is 2. The van der Waals surface area contributed by atoms with Crippen LogP contribution in [-0.4, -0.2) is 137 Å². The average Bonchev–Trinajstić information content (AvgIpc) is 4.17. The highest BCUT2D eigenvalue weighted by molar-refractivity contribution is 6.29. The number of hydrogen-bond donors (Lipinski definition) is 5. The largest absolute Gasteiger partial charge is 0.493 e. The van der Waals surface area contributed by atoms with Crippen LogP contribution in [0.4, 0.5) is 40.7 Å². The fraction of sp³-hybridized carbons (Fsp3) is 0.574. The molecule has 16 nitrogen and oxygen atoms in total. The summed E-state index contributed by atoms with van der Waals surface area (Å²) in [5, 5.41) is 16.2. The Hall–Kier alpha value is -5.03. The van der Waals surface area contributed by atoms with Gasteiger partial charge in [0.2, 0.25) is 11.9 Å². The molecule has 17 heteroatoms. The highest BCUT2D eigenvalue weighted by Gasteiger charge is 2.17. The second kappa shape index (κ2) is 27.3. The molecule has 0 radical (unpaired) electrons. The van der Waals surface area contributed by atoms with Crippen LogP contribution < -0.4 is 50.4 Å². The van der Waals surface area contributed by atoms with Gasteiger partial charge in [-0.05, 0) is 128 Å². The summed E-state index contributed by atoms with van der Waals surface area (Å²) in [7, 11) is 6.96. The first kappa shape index (κ1) is 50.0. The van der Waals surface area contributed by atoms with E-state index in [0.29, 0.717) is 47.6 Å². The molecule has 4 aliphatic heterocycles. The molecule has 0 bridgehead atoms. The minimum Gasteiger partial charge on any atom is -0.493 e. The number of hydrogen-bond acceptors (Lipinski definition) is 16. The average molecular weight is 906 g/mol. The number of nitrogens with one attached hydrogen (secondary N) is 5. The van der Waals surface area contributed by atoms with Crippen LogP contribution in [0.3, 0.4) is 0 Å². The summed E-state index contributed by atoms with van der Waals surface area (Å²) in [5.41, 5.74) is 1.67. The lowest BCUT2D eigenvalue weighted by Gasteiger charge is -2.19. The number of aromatic nitrogens is 4. The topological polar surface area (TPSA) is 158 Å². The van der Waals surface area contributed by atoms with E-state index in [1.54, 1.807) is 27.3 Å². The van der Waals surface area contributed by atoms with E-state index in [-0.39, 0.29) is 7.43 Å². The Kier molecular flexibility index (Phi) is 21.3. The van der Waals surface area contributed by atoms with Crippen LogP contribution in [0.5, 0.6) is 23.0 Å². The first-order valence-electron chi connectivity index (χ1n) is 22.8. The lowest BCUT2D eigenvalue weighted by molar-refractivity contribution is 0.254. The molecule has 64 heavy (non-hydrogen) atoms. The Balaban J connectivity index is 0.000000215. The van der Waals surface area contributed by atoms with Crippen LogP contribution in [0, 0.1) is 0 Å². The highest BCUT2D eigenvalue weighted by atomic mass is 35.5. The number of likely N-dealkylation sites (tertiary alicyclic amines) is 2. The lowest BCUT2D eigenvalue weighted by Crippen LogP contribution is -2.21. The molecule has 0 unspecified atom stereocenters. The van der Waals surface area contributed by atoms with Gasteiger partial charge >= 0.3 is 0 Å². The van der Waals surface area contributed by atoms with E-state index in [0.717, 1.165) is 73.5 Å². The van der Waals surface area contributed by atoms with Gasteiger partial charge < -0.3 is 60.2 Å². The van der Waals surface area contributed by atoms with Crippen molar-refractivity contribution in [3.05, 3.63) is 53.7 Å². The molecule has 0 aliphatic carbocycles. The maximum Gasteiger partial charge on any atom is 0.231 e. The third kappa shape index (κ3) is 16.2. The second-order valence-corrected chi connectivity index (χ2v) is 16.4. The summed E-state index contributed by atoms with van der Waals surface area (Å²) in [4.78, 5) is 25.1. The van der Waals surface area contributed by atoms with Crippen LogP contribution in [0.15, 0.2) is 48.5 Å². The van der Waals surface area contributed by atoms with Gasteiger partial charge in [0, 0.05) is 75.9 Å². The predicted molar refractivity (Wildman–Crippen MR) is 263 cm³/mol. The molecule has 6 heterocycles. The van der Waals surface area contributed by atoms with E-state index < -0.39 is 0 Å². The van der Waals surface area contributed by atoms with Crippen molar-refractivity contribution in [2.24, 2.45) is 0 Å². The molecule has 4 saturated heterocycles. The fourth-order valence-electron chi connectivity index (χ4n) is 7.90. The molecule has 8 rings (SSSR count). The van der Waals surface area contributed by atoms with Crippen LogP contribution >= 0.6 is 11.6 Å². The van der Waals surface area contributed by atoms with Crippen molar-refractivity contribution in [2.75, 3.05) is 133 Å². The zero-order valence-corrected chi connectivity index (χ0v) is 38.6. The Morgan fingerprint density at radius 1 is 0.578 bits per heavy atom. The molecule has 4 fully saturated rings. The zero-order chi connectivity index (χ0) is 44.1. The molecular formula is C47H73ClN12O4. The lowest BCUT2D eigenvalue weighted by atomic mass is 10.2. The molecule has 0 saturated carbocycles. The molecule has 0 amide bonds. The van der Waals surface area contributed by atoms with Crippen molar-refractivity contribution < 1.29 is 18.9 Å². The molecule has 4 aromatic rings. The number of halogens is 1. The first-order valence-corrected chi connectivity index (χ1v) is 23.2. The van der Waals surface area contributed by atoms with E-state index in [1.807, 2.05) is 49.5 Å². The zero-order valence-electron chi connectivity index (χ0n) is 37.8. The summed E-state index contributed by atoms with van der Waals surface area (Å²) in [5.74, 6) is 6.23. The van der Waals surface area contributed by atoms with Crippen molar-refractivity contribution in [2.45, 2.75) is 71.6 Å². The fourth-order valence-corrected chi connectivity index (χ4v) is 8.08. The maximum atomic E-state index is 6.06. The van der Waals surface area contributed by atoms with E-state index in [9.17, 15) is 0 Å². The van der Waals surface area contributed by atoms with Gasteiger partial charge in [0.05, 0.1) is 27.4 Å². The molecule has 352 valence electrons. The summed E-state index contributed by atoms with van der Waals surface area (Å²) in [6.45, 7) is 12.9. The summed E-state index contributed by atoms with van der Waals surface area (Å²) < 4.78 is 22.9. The van der Waals surface area contributed by atoms with Crippen molar-refractivity contribution in [3.8, 4) is 23.0 Å². The normalized spacial score (nSPS) is 15.9. The molecule has 0 atom stereocenters. The van der Waals surface area contributed by atoms with Crippen LogP contribution in [-0.2, 0) is 0 Å². The number of benzene rings is 2. The minimum atomic E-state index is 0. The second-order valence-electron chi connectivity index (χ2n) is 16.0. The van der Waals surface area contributed by atoms with Gasteiger partial charge in [-0.15, -0.1) is 0 Å². The van der Waals surface area contributed by atoms with Gasteiger partial charge in [-0.25, -0.2) is 4.98 Å². The maximum absolute atomic E-state index is 6.06. The summed E-state index contributed by atoms with van der Waals surface area (Å²) in [6.07, 6.45) is 12.4. The minimum absolute atomic E-state index is 0. The molecule has 2 aromatic heterocycles. The van der Waals surface area contributed by atoms with Crippen LogP contribution in [0.25, 0.3) is 0 Å². The molecule has 4 aliphatic rings. The summed E-state index contributed by atoms with van der Waals surface area (Å²) in [6, 6.07) is 15.1. The van der Waals surface area contributed by atoms with Gasteiger partial charge in [0.1, 0.15) is 22.6 Å². The summed E-state index contributed by atoms with van der Waals surface area (Å²) >= 11 is 6.03. The standard InChI is InChI=1S/C23H34N6O2.C19H26ClN5O2.C4H9N.CH4/c1-24-21-17-22(29-13-5-6-14-29)27-23(26-21)25-18-8-9-19(30-2)20(16-18)31-15-7-12-28-10-3-4-11-28;1-21-18-13-17(20)23-19(24-18)22-14-6-7-15(26-2)16(12-14)27-11-5-10-25-8-3-4-9-25;1-2-4-5-3-1;/h8-9,16-17H,3-7,10-15H2,1-2H3,(H2,24,25,26,27);6-7,12-13H,3-5,8-11H2,1-2H3,(H2,21,22,23,24);5H,1-4H2;1H4. The Morgan fingerprint density at radius 3 is 1.50 bits per heavy atom. The van der Waals surface area contributed by atoms with Crippen molar-refractivity contribution in [1.82, 2.24) is 35.1 Å². The van der Waals surface area contributed by atoms with Crippen molar-refractivity contribution >= 4 is 52.3 Å². The van der Waals surface area contributed by atoms with E-state index in [2.05, 4.69) is 56.2 Å². The number of anilines is 7. The Morgan fingerprint density at radius 2 is 1.05 bits per heavy atom. The predicted octanol–water partition coefficient (Wildman–Crippen LogP) is 8.53. The van der Waals surface area contributed by atoms with E-state index >= 15 is 0 Å². The molecule has 0 spiro atoms. The first-order chi connectivity index (χ1) is 30.9. The number of nitrogens with zero attached hydrogens (tertiary/aromatic N) is 7. The SMILES string of the molecule is C.C1CCNC1.CNc1cc(Cl)nc(Nc2ccc(OC)c(OCCCN3CCCC3)c2)n1.CNc1cc(N2CCCC2)nc(Nc2ccc(OC)c(OCCCN3CCCC3)c2)n1. The van der Waals surface area contributed by atoms with E-state index in [1.165, 1.54) is 90.6 Å². The van der Waals surface area contributed by atoms with E-state index in [4.69, 9.17) is 35.5 Å². The van der Waals surface area contributed by atoms with Gasteiger partial charge in [-0.2, -0.15) is 15.0 Å². The van der Waals surface area contributed by atoms with Crippen LogP contribution in [0.2, 0.25) is 5.15 Å². The van der Waals surface area contributed by atoms with Crippen LogP contribution in [0.1, 0.15) is 71.6 Å². The number of ether oxygens (including phenoxy) is 4. The molecule has 2 aromatic carbocycles. The monoisotopic (exact) mass is 905 g/mol. The Bertz CT molecular complexity index is 1950. The quantitative estimate of drug-likeness (QED) is 0.0450.